The van der Waals surface area contributed by atoms with Crippen LogP contribution in [0, 0.1) is 0 Å². The molecular weight excluding hydrogens is 272 g/mol. The average Bonchev–Trinajstić information content (AvgIpc) is 2.94. The standard InChI is InChI=1S/C15H20N2O2S/c18-9-4-7-17(8-10-19)12-15-16-11-14(20-15)13-5-2-1-3-6-13/h1-3,5-6,11,18-19H,4,7-10,12H2. The summed E-state index contributed by atoms with van der Waals surface area (Å²) in [7, 11) is 0. The fourth-order valence-corrected chi connectivity index (χ4v) is 2.98. The van der Waals surface area contributed by atoms with Gasteiger partial charge in [0.25, 0.3) is 0 Å². The Bertz CT molecular complexity index is 502. The Morgan fingerprint density at radius 2 is 1.85 bits per heavy atom. The van der Waals surface area contributed by atoms with Crippen LogP contribution in [0.4, 0.5) is 0 Å². The second-order valence-electron chi connectivity index (χ2n) is 4.56. The molecule has 1 heterocycles. The van der Waals surface area contributed by atoms with Crippen molar-refractivity contribution < 1.29 is 10.2 Å². The van der Waals surface area contributed by atoms with Gasteiger partial charge in [-0.05, 0) is 12.0 Å². The van der Waals surface area contributed by atoms with E-state index in [9.17, 15) is 0 Å². The predicted molar refractivity (Wildman–Crippen MR) is 81.6 cm³/mol. The number of aromatic nitrogens is 1. The van der Waals surface area contributed by atoms with E-state index in [4.69, 9.17) is 10.2 Å². The minimum atomic E-state index is 0.127. The molecule has 0 aliphatic carbocycles. The molecular formula is C15H20N2O2S. The zero-order valence-electron chi connectivity index (χ0n) is 11.4. The normalized spacial score (nSPS) is 11.2. The zero-order valence-corrected chi connectivity index (χ0v) is 12.2. The van der Waals surface area contributed by atoms with Crippen LogP contribution in [0.3, 0.4) is 0 Å². The van der Waals surface area contributed by atoms with Crippen LogP contribution in [-0.4, -0.2) is 46.4 Å². The molecule has 2 N–H and O–H groups in total. The van der Waals surface area contributed by atoms with E-state index in [1.807, 2.05) is 24.4 Å². The number of aliphatic hydroxyl groups excluding tert-OH is 2. The molecule has 108 valence electrons. The fraction of sp³-hybridized carbons (Fsp3) is 0.400. The fourth-order valence-electron chi connectivity index (χ4n) is 2.02. The van der Waals surface area contributed by atoms with Crippen molar-refractivity contribution in [2.75, 3.05) is 26.3 Å². The van der Waals surface area contributed by atoms with E-state index in [-0.39, 0.29) is 13.2 Å². The van der Waals surface area contributed by atoms with Gasteiger partial charge in [-0.3, -0.25) is 4.90 Å². The Balaban J connectivity index is 2.00. The first-order valence-electron chi connectivity index (χ1n) is 6.77. The second-order valence-corrected chi connectivity index (χ2v) is 5.68. The molecule has 1 aromatic heterocycles. The first-order valence-corrected chi connectivity index (χ1v) is 7.59. The maximum absolute atomic E-state index is 9.08. The molecule has 0 saturated carbocycles. The molecule has 4 nitrogen and oxygen atoms in total. The maximum Gasteiger partial charge on any atom is 0.107 e. The van der Waals surface area contributed by atoms with E-state index < -0.39 is 0 Å². The lowest BCUT2D eigenvalue weighted by Crippen LogP contribution is -2.28. The third-order valence-corrected chi connectivity index (χ3v) is 4.05. The first-order chi connectivity index (χ1) is 9.83. The van der Waals surface area contributed by atoms with Crippen LogP contribution in [0.5, 0.6) is 0 Å². The number of aliphatic hydroxyl groups is 2. The molecule has 0 fully saturated rings. The summed E-state index contributed by atoms with van der Waals surface area (Å²) in [4.78, 5) is 7.73. The molecule has 2 aromatic rings. The van der Waals surface area contributed by atoms with E-state index in [1.54, 1.807) is 11.3 Å². The third-order valence-electron chi connectivity index (χ3n) is 3.02. The molecule has 0 spiro atoms. The van der Waals surface area contributed by atoms with Crippen molar-refractivity contribution >= 4 is 11.3 Å². The van der Waals surface area contributed by atoms with Gasteiger partial charge in [-0.1, -0.05) is 30.3 Å². The van der Waals surface area contributed by atoms with Crippen molar-refractivity contribution in [1.29, 1.82) is 0 Å². The monoisotopic (exact) mass is 292 g/mol. The first kappa shape index (κ1) is 15.1. The van der Waals surface area contributed by atoms with Crippen molar-refractivity contribution in [3.63, 3.8) is 0 Å². The Hall–Kier alpha value is -1.27. The van der Waals surface area contributed by atoms with Crippen LogP contribution in [0.15, 0.2) is 36.5 Å². The molecule has 0 amide bonds. The summed E-state index contributed by atoms with van der Waals surface area (Å²) in [6.45, 7) is 2.41. The lowest BCUT2D eigenvalue weighted by molar-refractivity contribution is 0.174. The topological polar surface area (TPSA) is 56.6 Å². The van der Waals surface area contributed by atoms with Crippen LogP contribution in [0.2, 0.25) is 0 Å². The van der Waals surface area contributed by atoms with Gasteiger partial charge in [-0.15, -0.1) is 11.3 Å². The number of nitrogens with zero attached hydrogens (tertiary/aromatic N) is 2. The predicted octanol–water partition coefficient (Wildman–Crippen LogP) is 1.99. The molecule has 0 aliphatic heterocycles. The van der Waals surface area contributed by atoms with Gasteiger partial charge in [0.2, 0.25) is 0 Å². The van der Waals surface area contributed by atoms with Gasteiger partial charge >= 0.3 is 0 Å². The summed E-state index contributed by atoms with van der Waals surface area (Å²) >= 11 is 1.68. The Labute approximate surface area is 123 Å². The van der Waals surface area contributed by atoms with Gasteiger partial charge in [-0.2, -0.15) is 0 Å². The Morgan fingerprint density at radius 3 is 2.55 bits per heavy atom. The third kappa shape index (κ3) is 4.38. The molecule has 1 aromatic carbocycles. The van der Waals surface area contributed by atoms with E-state index in [0.717, 1.165) is 29.4 Å². The lowest BCUT2D eigenvalue weighted by Gasteiger charge is -2.19. The smallest absolute Gasteiger partial charge is 0.107 e. The van der Waals surface area contributed by atoms with Crippen molar-refractivity contribution in [3.05, 3.63) is 41.5 Å². The maximum atomic E-state index is 9.08. The van der Waals surface area contributed by atoms with Gasteiger partial charge < -0.3 is 10.2 Å². The van der Waals surface area contributed by atoms with Crippen LogP contribution in [0.25, 0.3) is 10.4 Å². The molecule has 20 heavy (non-hydrogen) atoms. The quantitative estimate of drug-likeness (QED) is 0.781. The lowest BCUT2D eigenvalue weighted by atomic mass is 10.2. The summed E-state index contributed by atoms with van der Waals surface area (Å²) in [5, 5.41) is 19.0. The van der Waals surface area contributed by atoms with Crippen molar-refractivity contribution in [1.82, 2.24) is 9.88 Å². The van der Waals surface area contributed by atoms with Crippen LogP contribution in [-0.2, 0) is 6.54 Å². The van der Waals surface area contributed by atoms with E-state index in [2.05, 4.69) is 22.0 Å². The SMILES string of the molecule is OCCCN(CCO)Cc1ncc(-c2ccccc2)s1. The van der Waals surface area contributed by atoms with Crippen molar-refractivity contribution in [2.45, 2.75) is 13.0 Å². The molecule has 2 rings (SSSR count). The minimum absolute atomic E-state index is 0.127. The summed E-state index contributed by atoms with van der Waals surface area (Å²) in [5.41, 5.74) is 1.18. The van der Waals surface area contributed by atoms with E-state index in [0.29, 0.717) is 6.54 Å². The summed E-state index contributed by atoms with van der Waals surface area (Å²) < 4.78 is 0. The molecule has 0 saturated heterocycles. The molecule has 5 heteroatoms. The molecule has 0 unspecified atom stereocenters. The van der Waals surface area contributed by atoms with Crippen LogP contribution >= 0.6 is 11.3 Å². The van der Waals surface area contributed by atoms with Crippen LogP contribution in [0.1, 0.15) is 11.4 Å². The van der Waals surface area contributed by atoms with E-state index in [1.165, 1.54) is 5.56 Å². The number of rotatable bonds is 8. The van der Waals surface area contributed by atoms with Gasteiger partial charge in [0.15, 0.2) is 0 Å². The second kappa shape index (κ2) is 8.11. The van der Waals surface area contributed by atoms with Crippen molar-refractivity contribution in [3.8, 4) is 10.4 Å². The highest BCUT2D eigenvalue weighted by atomic mass is 32.1. The van der Waals surface area contributed by atoms with E-state index >= 15 is 0 Å². The number of benzene rings is 1. The minimum Gasteiger partial charge on any atom is -0.396 e. The van der Waals surface area contributed by atoms with Crippen molar-refractivity contribution in [2.24, 2.45) is 0 Å². The Kier molecular flexibility index (Phi) is 6.14. The van der Waals surface area contributed by atoms with Gasteiger partial charge in [0.05, 0.1) is 18.0 Å². The number of thiazole rings is 1. The van der Waals surface area contributed by atoms with Gasteiger partial charge in [0.1, 0.15) is 5.01 Å². The largest absolute Gasteiger partial charge is 0.396 e. The number of hydrogen-bond acceptors (Lipinski definition) is 5. The summed E-state index contributed by atoms with van der Waals surface area (Å²) in [6.07, 6.45) is 2.62. The average molecular weight is 292 g/mol. The van der Waals surface area contributed by atoms with Gasteiger partial charge in [0, 0.05) is 25.9 Å². The highest BCUT2D eigenvalue weighted by molar-refractivity contribution is 7.15. The molecule has 0 radical (unpaired) electrons. The summed E-state index contributed by atoms with van der Waals surface area (Å²) in [6, 6.07) is 10.2. The highest BCUT2D eigenvalue weighted by Gasteiger charge is 2.09. The molecule has 0 bridgehead atoms. The Morgan fingerprint density at radius 1 is 1.05 bits per heavy atom. The van der Waals surface area contributed by atoms with Gasteiger partial charge in [-0.25, -0.2) is 4.98 Å². The zero-order chi connectivity index (χ0) is 14.2. The molecule has 0 atom stereocenters. The van der Waals surface area contributed by atoms with Crippen LogP contribution < -0.4 is 0 Å². The molecule has 0 aliphatic rings. The highest BCUT2D eigenvalue weighted by Crippen LogP contribution is 2.26. The summed E-state index contributed by atoms with van der Waals surface area (Å²) in [5.74, 6) is 0. The number of hydrogen-bond donors (Lipinski definition) is 2.